The molecule has 0 bridgehead atoms. The van der Waals surface area contributed by atoms with Crippen LogP contribution in [0.1, 0.15) is 162 Å². The molecule has 0 aliphatic carbocycles. The Kier molecular flexibility index (Phi) is 52.8. The number of guanidine groups is 5. The third-order valence-electron chi connectivity index (χ3n) is 19.1. The molecule has 50 heteroatoms. The molecule has 0 unspecified atom stereocenters. The Bertz CT molecular complexity index is 3810. The van der Waals surface area contributed by atoms with E-state index in [0.717, 1.165) is 11.8 Å². The molecule has 1 heterocycles. The highest BCUT2D eigenvalue weighted by Crippen LogP contribution is 2.22. The van der Waals surface area contributed by atoms with Crippen molar-refractivity contribution in [3.05, 3.63) is 29.8 Å². The van der Waals surface area contributed by atoms with Crippen LogP contribution in [-0.4, -0.2) is 292 Å². The Morgan fingerprint density at radius 2 is 0.792 bits per heavy atom. The lowest BCUT2D eigenvalue weighted by atomic mass is 9.96. The molecule has 41 N–H and O–H groups in total. The molecule has 1 aliphatic heterocycles. The summed E-state index contributed by atoms with van der Waals surface area (Å²) >= 11 is 0. The number of phenolic OH excluding ortho intramolecular Hbond substituents is 1. The van der Waals surface area contributed by atoms with Crippen molar-refractivity contribution in [1.29, 1.82) is 0 Å². The van der Waals surface area contributed by atoms with Crippen LogP contribution in [0.15, 0.2) is 49.2 Å². The largest absolute Gasteiger partial charge is 0.508 e. The lowest BCUT2D eigenvalue weighted by Gasteiger charge is -2.31. The van der Waals surface area contributed by atoms with Gasteiger partial charge in [0, 0.05) is 59.0 Å². The van der Waals surface area contributed by atoms with Gasteiger partial charge in [-0.2, -0.15) is 0 Å². The number of aliphatic carboxylic acids is 3. The van der Waals surface area contributed by atoms with E-state index in [1.807, 2.05) is 0 Å². The van der Waals surface area contributed by atoms with E-state index in [0.29, 0.717) is 24.9 Å². The monoisotopic (exact) mass is 1780 g/mol. The predicted octanol–water partition coefficient (Wildman–Crippen LogP) is -9.90. The van der Waals surface area contributed by atoms with E-state index in [1.165, 1.54) is 24.3 Å². The van der Waals surface area contributed by atoms with Gasteiger partial charge in [-0.1, -0.05) is 52.7 Å². The second-order valence-corrected chi connectivity index (χ2v) is 30.0. The van der Waals surface area contributed by atoms with Crippen LogP contribution < -0.4 is 127 Å². The van der Waals surface area contributed by atoms with Gasteiger partial charge in [0.1, 0.15) is 78.3 Å². The Morgan fingerprint density at radius 3 is 1.20 bits per heavy atom. The molecule has 1 fully saturated rings. The Balaban J connectivity index is 0.0000191. The van der Waals surface area contributed by atoms with Gasteiger partial charge in [0.2, 0.25) is 70.9 Å². The topological polar surface area (TPSA) is 887 Å². The van der Waals surface area contributed by atoms with Crippen molar-refractivity contribution in [3.63, 3.8) is 0 Å². The molecule has 0 saturated carbocycles. The smallest absolute Gasteiger partial charge is 0.326 e. The van der Waals surface area contributed by atoms with Crippen molar-refractivity contribution < 1.29 is 103 Å². The number of likely N-dealkylation sites (tertiary alicyclic amines) is 1. The maximum Gasteiger partial charge on any atom is 0.326 e. The number of unbranched alkanes of at least 4 members (excludes halogenated alkanes) is 1. The number of nitrogens with one attached hydrogen (secondary N) is 11. The number of nitrogens with two attached hydrogens (primary N) is 12. The number of aliphatic imine (C=N–C) groups is 5. The van der Waals surface area contributed by atoms with Crippen molar-refractivity contribution in [2.24, 2.45) is 106 Å². The average Bonchev–Trinajstić information content (AvgIpc) is 1.72. The van der Waals surface area contributed by atoms with Crippen molar-refractivity contribution in [3.8, 4) is 5.75 Å². The summed E-state index contributed by atoms with van der Waals surface area (Å²) in [5.41, 5.74) is 67.3. The van der Waals surface area contributed by atoms with Gasteiger partial charge in [0.25, 0.3) is 5.97 Å². The number of carboxylic acids is 3. The number of carbonyl (C=O) groups excluding carboxylic acids is 12. The first kappa shape index (κ1) is 110. The quantitative estimate of drug-likeness (QED) is 0.0164. The summed E-state index contributed by atoms with van der Waals surface area (Å²) in [6.07, 6.45) is -0.686. The highest BCUT2D eigenvalue weighted by molar-refractivity contribution is 6.00. The van der Waals surface area contributed by atoms with E-state index in [2.05, 4.69) is 83.4 Å². The summed E-state index contributed by atoms with van der Waals surface area (Å²) in [7, 11) is 0. The summed E-state index contributed by atoms with van der Waals surface area (Å²) in [6.45, 7) is 5.54. The predicted molar refractivity (Wildman–Crippen MR) is 459 cm³/mol. The highest BCUT2D eigenvalue weighted by Gasteiger charge is 2.42. The number of benzene rings is 1. The Hall–Kier alpha value is -12.7. The van der Waals surface area contributed by atoms with E-state index in [-0.39, 0.29) is 178 Å². The molecule has 0 spiro atoms. The molecule has 12 amide bonds. The fourth-order valence-corrected chi connectivity index (χ4v) is 12.4. The molecule has 2 rings (SSSR count). The SMILES string of the molecule is CC(=O)O.CC[C@H](C)[C@H](NC(=O)[C@H](CCC(=O)O)NC(=O)[C@H](CCCN=C(N)N)NC(=O)[C@H](CCCN=C(N)N)NC(=O)[C@@H](N)CCCCN)C(=O)N[C@@H](CC(C)C)C(=O)N[C@@H](CO)C(=O)N[C@@H](CCCN=C(N)N)C(=O)N[C@@H](CCCN=C(N)N)C(=O)N1CCC[C@H]1C(=O)N[C@@H](CO)C(=O)N[C@@H](Cc1ccc(O)cc1)C(=O)N[C@@H](CCCN=C(N)N)C(=O)O. The van der Waals surface area contributed by atoms with E-state index in [9.17, 15) is 92.7 Å². The van der Waals surface area contributed by atoms with Crippen molar-refractivity contribution in [2.75, 3.05) is 59.0 Å². The van der Waals surface area contributed by atoms with Gasteiger partial charge in [0.15, 0.2) is 29.8 Å². The number of carboxylic acid groups (broad SMARTS) is 3. The molecular formula is C75H133N29O21. The maximum atomic E-state index is 14.9. The number of carbonyl (C=O) groups is 15. The van der Waals surface area contributed by atoms with E-state index in [4.69, 9.17) is 78.7 Å². The Morgan fingerprint density at radius 1 is 0.440 bits per heavy atom. The maximum absolute atomic E-state index is 14.9. The molecular weight excluding hydrogens is 1640 g/mol. The zero-order valence-electron chi connectivity index (χ0n) is 71.4. The zero-order valence-corrected chi connectivity index (χ0v) is 71.4. The molecule has 14 atom stereocenters. The summed E-state index contributed by atoms with van der Waals surface area (Å²) in [4.78, 5) is 226. The number of nitrogens with zero attached hydrogens (tertiary/aromatic N) is 6. The zero-order chi connectivity index (χ0) is 94.6. The van der Waals surface area contributed by atoms with Gasteiger partial charge < -0.3 is 163 Å². The number of rotatable bonds is 59. The third kappa shape index (κ3) is 45.8. The minimum Gasteiger partial charge on any atom is -0.508 e. The highest BCUT2D eigenvalue weighted by atomic mass is 16.4. The van der Waals surface area contributed by atoms with Crippen LogP contribution in [0.2, 0.25) is 0 Å². The third-order valence-corrected chi connectivity index (χ3v) is 19.1. The van der Waals surface area contributed by atoms with Crippen molar-refractivity contribution in [1.82, 2.24) is 63.4 Å². The molecule has 0 aromatic heterocycles. The lowest BCUT2D eigenvalue weighted by Crippen LogP contribution is -2.62. The van der Waals surface area contributed by atoms with Crippen molar-refractivity contribution >= 4 is 119 Å². The first-order chi connectivity index (χ1) is 58.9. The normalized spacial score (nSPS) is 15.2. The molecule has 125 heavy (non-hydrogen) atoms. The average molecular weight is 1780 g/mol. The second-order valence-electron chi connectivity index (χ2n) is 30.0. The number of hydrogen-bond acceptors (Lipinski definition) is 25. The minimum atomic E-state index is -1.89. The first-order valence-corrected chi connectivity index (χ1v) is 40.9. The molecule has 1 aromatic rings. The van der Waals surface area contributed by atoms with Gasteiger partial charge in [-0.05, 0) is 139 Å². The summed E-state index contributed by atoms with van der Waals surface area (Å²) in [5, 5.41) is 86.2. The van der Waals surface area contributed by atoms with Gasteiger partial charge >= 0.3 is 11.9 Å². The summed E-state index contributed by atoms with van der Waals surface area (Å²) in [5.74, 6) is -18.2. The number of hydrogen-bond donors (Lipinski definition) is 29. The molecule has 704 valence electrons. The van der Waals surface area contributed by atoms with Gasteiger partial charge in [-0.15, -0.1) is 0 Å². The summed E-state index contributed by atoms with van der Waals surface area (Å²) < 4.78 is 0. The van der Waals surface area contributed by atoms with Crippen LogP contribution in [0.25, 0.3) is 0 Å². The van der Waals surface area contributed by atoms with Crippen LogP contribution in [-0.2, 0) is 78.3 Å². The van der Waals surface area contributed by atoms with E-state index < -0.39 is 205 Å². The van der Waals surface area contributed by atoms with Crippen molar-refractivity contribution in [2.45, 2.75) is 242 Å². The molecule has 1 aromatic carbocycles. The van der Waals surface area contributed by atoms with E-state index in [1.54, 1.807) is 27.7 Å². The number of aliphatic hydroxyl groups excluding tert-OH is 2. The first-order valence-electron chi connectivity index (χ1n) is 40.9. The number of aromatic hydroxyl groups is 1. The number of phenols is 1. The fourth-order valence-electron chi connectivity index (χ4n) is 12.4. The van der Waals surface area contributed by atoms with Gasteiger partial charge in [-0.25, -0.2) is 4.79 Å². The van der Waals surface area contributed by atoms with Crippen LogP contribution in [0.4, 0.5) is 0 Å². The molecule has 50 nitrogen and oxygen atoms in total. The van der Waals surface area contributed by atoms with Gasteiger partial charge in [-0.3, -0.25) is 92.1 Å². The minimum absolute atomic E-state index is 0.0127. The van der Waals surface area contributed by atoms with Crippen LogP contribution >= 0.6 is 0 Å². The fraction of sp³-hybridized carbons (Fsp3) is 0.653. The second kappa shape index (κ2) is 59.9. The Labute approximate surface area is 723 Å². The summed E-state index contributed by atoms with van der Waals surface area (Å²) in [6, 6.07) is -14.5. The van der Waals surface area contributed by atoms with Crippen LogP contribution in [0.5, 0.6) is 5.75 Å². The number of amides is 12. The lowest BCUT2D eigenvalue weighted by molar-refractivity contribution is -0.143. The van der Waals surface area contributed by atoms with Gasteiger partial charge in [0.05, 0.1) is 19.3 Å². The van der Waals surface area contributed by atoms with Crippen LogP contribution in [0.3, 0.4) is 0 Å². The molecule has 1 saturated heterocycles. The van der Waals surface area contributed by atoms with Crippen LogP contribution in [0, 0.1) is 11.8 Å². The molecule has 0 radical (unpaired) electrons. The number of aliphatic hydroxyl groups is 2. The standard InChI is InChI=1S/C73H129N29O19.C2H4O2/c1-5-39(4)55(101-60(112)46(25-26-54(106)107)94-58(110)44(16-9-29-87-70(78)79)92-57(109)43(15-8-28-86-69(76)77)91-56(108)42(75)14-6-7-27-74)66(118)98-49(34-38(2)3)61(113)99-51(36-103)63(115)93-45(17-10-30-88-71(80)81)59(111)95-47(18-11-31-89-72(82)83)67(119)102-33-13-20-53(102)65(117)100-52(37-104)64(116)97-50(35-40-21-23-41(105)24-22-40)62(114)96-48(68(120)121)19-12-32-90-73(84)85;1-2(3)4/h21-24,38-39,42-53,55,103-105H,5-20,25-37,74-75H2,1-4H3,(H,91,108)(H,92,109)(H,93,115)(H,94,110)(H,95,111)(H,96,114)(H,97,116)(H,98,118)(H,99,113)(H,100,117)(H,101,112)(H,106,107)(H,120,121)(H4,76,77,86)(H4,78,79,87)(H4,80,81,88)(H4,82,83,89)(H4,84,85,90);1H3,(H,3,4)/t39-,42-,43-,44-,45-,46-,47-,48-,49-,50-,51-,52-,53-,55-;/m0./s1. The molecule has 1 aliphatic rings. The van der Waals surface area contributed by atoms with E-state index >= 15 is 0 Å².